The summed E-state index contributed by atoms with van der Waals surface area (Å²) in [6, 6.07) is 28.5. The van der Waals surface area contributed by atoms with E-state index >= 15 is 0 Å². The average Bonchev–Trinajstić information content (AvgIpc) is 3.01. The molecule has 0 saturated heterocycles. The van der Waals surface area contributed by atoms with Crippen LogP contribution in [0.5, 0.6) is 0 Å². The van der Waals surface area contributed by atoms with Crippen LogP contribution in [0.2, 0.25) is 0 Å². The number of pyridine rings is 1. The van der Waals surface area contributed by atoms with Crippen LogP contribution in [0.25, 0.3) is 33.8 Å². The van der Waals surface area contributed by atoms with Crippen molar-refractivity contribution < 1.29 is 4.79 Å². The van der Waals surface area contributed by atoms with Crippen molar-refractivity contribution in [2.75, 3.05) is 11.9 Å². The summed E-state index contributed by atoms with van der Waals surface area (Å²) < 4.78 is 0. The standard InChI is InChI=1S/C34H31N5O/c1-3-24-18-27(25-11-5-4-6-12-25)20-28(19-24)36-34(40)39-17-15-31-30(22-39)32(29-14-8-7-10-23(29)2)38-33(37-31)26-13-9-16-35-21-26/h4-14,16,18-21H,3,15,17,22H2,1-2H3,(H,36,40). The van der Waals surface area contributed by atoms with Crippen molar-refractivity contribution in [3.05, 3.63) is 120 Å². The number of anilines is 1. The minimum atomic E-state index is -0.120. The van der Waals surface area contributed by atoms with E-state index in [0.717, 1.165) is 56.9 Å². The number of nitrogens with one attached hydrogen (secondary N) is 1. The summed E-state index contributed by atoms with van der Waals surface area (Å²) in [5.41, 5.74) is 10.1. The van der Waals surface area contributed by atoms with Crippen LogP contribution in [0.15, 0.2) is 97.3 Å². The molecule has 1 N–H and O–H groups in total. The fourth-order valence-electron chi connectivity index (χ4n) is 5.24. The molecule has 0 spiro atoms. The van der Waals surface area contributed by atoms with Crippen LogP contribution in [-0.2, 0) is 19.4 Å². The zero-order chi connectivity index (χ0) is 27.5. The first kappa shape index (κ1) is 25.4. The zero-order valence-corrected chi connectivity index (χ0v) is 22.8. The minimum absolute atomic E-state index is 0.120. The number of carbonyl (C=O) groups is 1. The first-order valence-electron chi connectivity index (χ1n) is 13.7. The van der Waals surface area contributed by atoms with Gasteiger partial charge in [0.05, 0.1) is 17.9 Å². The Balaban J connectivity index is 1.32. The summed E-state index contributed by atoms with van der Waals surface area (Å²) in [5.74, 6) is 0.660. The van der Waals surface area contributed by atoms with E-state index in [2.05, 4.69) is 60.5 Å². The van der Waals surface area contributed by atoms with E-state index in [1.807, 2.05) is 53.4 Å². The highest BCUT2D eigenvalue weighted by molar-refractivity contribution is 5.91. The molecule has 1 aliphatic heterocycles. The third kappa shape index (κ3) is 5.21. The number of amides is 2. The Morgan fingerprint density at radius 2 is 1.70 bits per heavy atom. The van der Waals surface area contributed by atoms with Crippen molar-refractivity contribution in [1.29, 1.82) is 0 Å². The van der Waals surface area contributed by atoms with Gasteiger partial charge in [-0.3, -0.25) is 4.98 Å². The molecule has 0 unspecified atom stereocenters. The summed E-state index contributed by atoms with van der Waals surface area (Å²) in [6.07, 6.45) is 5.08. The number of benzene rings is 3. The van der Waals surface area contributed by atoms with Crippen molar-refractivity contribution >= 4 is 11.7 Å². The summed E-state index contributed by atoms with van der Waals surface area (Å²) in [4.78, 5) is 29.7. The molecule has 0 radical (unpaired) electrons. The summed E-state index contributed by atoms with van der Waals surface area (Å²) in [5, 5.41) is 3.17. The van der Waals surface area contributed by atoms with Crippen molar-refractivity contribution in [2.45, 2.75) is 33.2 Å². The Kier molecular flexibility index (Phi) is 7.06. The van der Waals surface area contributed by atoms with E-state index in [9.17, 15) is 4.79 Å². The van der Waals surface area contributed by atoms with Gasteiger partial charge in [0, 0.05) is 47.7 Å². The molecule has 0 aliphatic carbocycles. The summed E-state index contributed by atoms with van der Waals surface area (Å²) >= 11 is 0. The number of aryl methyl sites for hydroxylation is 2. The molecular weight excluding hydrogens is 494 g/mol. The van der Waals surface area contributed by atoms with Crippen LogP contribution in [0, 0.1) is 6.92 Å². The van der Waals surface area contributed by atoms with E-state index in [1.54, 1.807) is 12.4 Å². The van der Waals surface area contributed by atoms with E-state index in [-0.39, 0.29) is 6.03 Å². The largest absolute Gasteiger partial charge is 0.322 e. The fourth-order valence-corrected chi connectivity index (χ4v) is 5.24. The molecule has 2 aromatic heterocycles. The van der Waals surface area contributed by atoms with Crippen LogP contribution >= 0.6 is 0 Å². The van der Waals surface area contributed by atoms with Crippen LogP contribution in [0.3, 0.4) is 0 Å². The number of hydrogen-bond donors (Lipinski definition) is 1. The van der Waals surface area contributed by atoms with Gasteiger partial charge in [-0.15, -0.1) is 0 Å². The van der Waals surface area contributed by atoms with Crippen LogP contribution in [0.4, 0.5) is 10.5 Å². The molecule has 3 aromatic carbocycles. The Bertz CT molecular complexity index is 1670. The summed E-state index contributed by atoms with van der Waals surface area (Å²) in [6.45, 7) is 5.24. The fraction of sp³-hybridized carbons (Fsp3) is 0.176. The lowest BCUT2D eigenvalue weighted by atomic mass is 9.96. The number of rotatable bonds is 5. The minimum Gasteiger partial charge on any atom is -0.320 e. The van der Waals surface area contributed by atoms with Gasteiger partial charge in [0.2, 0.25) is 0 Å². The molecule has 0 saturated carbocycles. The third-order valence-electron chi connectivity index (χ3n) is 7.43. The SMILES string of the molecule is CCc1cc(NC(=O)N2CCc3nc(-c4cccnc4)nc(-c4ccccc4C)c3C2)cc(-c2ccccc2)c1. The van der Waals surface area contributed by atoms with Gasteiger partial charge in [0.1, 0.15) is 0 Å². The number of fused-ring (bicyclic) bond motifs is 1. The third-order valence-corrected chi connectivity index (χ3v) is 7.43. The molecule has 6 nitrogen and oxygen atoms in total. The molecular formula is C34H31N5O. The smallest absolute Gasteiger partial charge is 0.320 e. The Hall–Kier alpha value is -4.84. The molecule has 0 bridgehead atoms. The second-order valence-electron chi connectivity index (χ2n) is 10.1. The van der Waals surface area contributed by atoms with Crippen molar-refractivity contribution in [3.8, 4) is 33.8 Å². The van der Waals surface area contributed by atoms with E-state index in [1.165, 1.54) is 5.56 Å². The van der Waals surface area contributed by atoms with Gasteiger partial charge in [0.25, 0.3) is 0 Å². The van der Waals surface area contributed by atoms with Crippen molar-refractivity contribution in [2.24, 2.45) is 0 Å². The number of hydrogen-bond acceptors (Lipinski definition) is 4. The maximum Gasteiger partial charge on any atom is 0.322 e. The van der Waals surface area contributed by atoms with Crippen molar-refractivity contribution in [1.82, 2.24) is 19.9 Å². The van der Waals surface area contributed by atoms with E-state index in [0.29, 0.717) is 25.3 Å². The molecule has 6 rings (SSSR count). The van der Waals surface area contributed by atoms with Gasteiger partial charge in [-0.05, 0) is 59.9 Å². The predicted molar refractivity (Wildman–Crippen MR) is 160 cm³/mol. The molecule has 1 aliphatic rings. The number of urea groups is 1. The van der Waals surface area contributed by atoms with E-state index in [4.69, 9.17) is 9.97 Å². The highest BCUT2D eigenvalue weighted by Crippen LogP contribution is 2.33. The molecule has 0 atom stereocenters. The Morgan fingerprint density at radius 3 is 2.48 bits per heavy atom. The van der Waals surface area contributed by atoms with Gasteiger partial charge < -0.3 is 10.2 Å². The second-order valence-corrected chi connectivity index (χ2v) is 10.1. The maximum atomic E-state index is 13.6. The first-order chi connectivity index (χ1) is 19.6. The molecule has 3 heterocycles. The Morgan fingerprint density at radius 1 is 0.900 bits per heavy atom. The number of aromatic nitrogens is 3. The highest BCUT2D eigenvalue weighted by atomic mass is 16.2. The van der Waals surface area contributed by atoms with Gasteiger partial charge in [0.15, 0.2) is 5.82 Å². The zero-order valence-electron chi connectivity index (χ0n) is 22.8. The normalized spacial score (nSPS) is 12.6. The molecule has 2 amide bonds. The lowest BCUT2D eigenvalue weighted by Gasteiger charge is -2.30. The lowest BCUT2D eigenvalue weighted by Crippen LogP contribution is -2.39. The van der Waals surface area contributed by atoms with Crippen molar-refractivity contribution in [3.63, 3.8) is 0 Å². The highest BCUT2D eigenvalue weighted by Gasteiger charge is 2.27. The molecule has 6 heteroatoms. The number of carbonyl (C=O) groups excluding carboxylic acids is 1. The monoisotopic (exact) mass is 525 g/mol. The van der Waals surface area contributed by atoms with Gasteiger partial charge in [-0.2, -0.15) is 0 Å². The molecule has 0 fully saturated rings. The van der Waals surface area contributed by atoms with Crippen LogP contribution in [0.1, 0.15) is 29.3 Å². The van der Waals surface area contributed by atoms with Gasteiger partial charge in [-0.25, -0.2) is 14.8 Å². The molecule has 5 aromatic rings. The number of nitrogens with zero attached hydrogens (tertiary/aromatic N) is 4. The second kappa shape index (κ2) is 11.1. The van der Waals surface area contributed by atoms with Crippen LogP contribution in [-0.4, -0.2) is 32.4 Å². The summed E-state index contributed by atoms with van der Waals surface area (Å²) in [7, 11) is 0. The van der Waals surface area contributed by atoms with Crippen LogP contribution < -0.4 is 5.32 Å². The van der Waals surface area contributed by atoms with E-state index < -0.39 is 0 Å². The molecule has 198 valence electrons. The Labute approximate surface area is 234 Å². The quantitative estimate of drug-likeness (QED) is 0.261. The lowest BCUT2D eigenvalue weighted by molar-refractivity contribution is 0.206. The average molecular weight is 526 g/mol. The van der Waals surface area contributed by atoms with Gasteiger partial charge >= 0.3 is 6.03 Å². The predicted octanol–water partition coefficient (Wildman–Crippen LogP) is 7.33. The topological polar surface area (TPSA) is 71.0 Å². The van der Waals surface area contributed by atoms with Gasteiger partial charge in [-0.1, -0.05) is 67.6 Å². The molecule has 40 heavy (non-hydrogen) atoms. The first-order valence-corrected chi connectivity index (χ1v) is 13.7. The maximum absolute atomic E-state index is 13.6.